The molecule has 0 aliphatic carbocycles. The average molecular weight is 284 g/mol. The van der Waals surface area contributed by atoms with Crippen LogP contribution in [0.25, 0.3) is 0 Å². The second-order valence-corrected chi connectivity index (χ2v) is 4.34. The third kappa shape index (κ3) is 5.70. The van der Waals surface area contributed by atoms with E-state index in [-0.39, 0.29) is 13.0 Å². The Balaban J connectivity index is 2.28. The predicted molar refractivity (Wildman–Crippen MR) is 71.4 cm³/mol. The van der Waals surface area contributed by atoms with Crippen molar-refractivity contribution in [2.24, 2.45) is 7.05 Å². The Kier molecular flexibility index (Phi) is 6.51. The number of nitrogens with zero attached hydrogens (tertiary/aromatic N) is 2. The van der Waals surface area contributed by atoms with E-state index < -0.39 is 18.0 Å². The molecule has 0 fully saturated rings. The monoisotopic (exact) mass is 284 g/mol. The van der Waals surface area contributed by atoms with Crippen LogP contribution < -0.4 is 10.6 Å². The van der Waals surface area contributed by atoms with Crippen LogP contribution in [0.5, 0.6) is 0 Å². The zero-order chi connectivity index (χ0) is 15.0. The number of ether oxygens (including phenoxy) is 1. The Hall–Kier alpha value is -2.09. The molecule has 3 N–H and O–H groups in total. The maximum absolute atomic E-state index is 11.6. The van der Waals surface area contributed by atoms with Crippen LogP contribution >= 0.6 is 0 Å². The van der Waals surface area contributed by atoms with Crippen LogP contribution in [0.1, 0.15) is 12.0 Å². The van der Waals surface area contributed by atoms with Crippen LogP contribution in [0.2, 0.25) is 0 Å². The molecule has 112 valence electrons. The van der Waals surface area contributed by atoms with Gasteiger partial charge in [0, 0.05) is 39.9 Å². The molecule has 8 nitrogen and oxygen atoms in total. The van der Waals surface area contributed by atoms with Crippen LogP contribution in [0, 0.1) is 0 Å². The second kappa shape index (κ2) is 8.16. The minimum Gasteiger partial charge on any atom is -0.480 e. The number of carboxylic acids is 1. The van der Waals surface area contributed by atoms with Gasteiger partial charge in [-0.15, -0.1) is 0 Å². The SMILES string of the molecule is COCCC(NC(=O)NCCc1cnn(C)c1)C(=O)O. The molecular weight excluding hydrogens is 264 g/mol. The van der Waals surface area contributed by atoms with E-state index in [4.69, 9.17) is 9.84 Å². The zero-order valence-electron chi connectivity index (χ0n) is 11.6. The molecule has 0 aromatic carbocycles. The van der Waals surface area contributed by atoms with Crippen LogP contribution in [0.3, 0.4) is 0 Å². The molecule has 0 saturated carbocycles. The molecule has 20 heavy (non-hydrogen) atoms. The van der Waals surface area contributed by atoms with Gasteiger partial charge in [-0.05, 0) is 12.0 Å². The maximum Gasteiger partial charge on any atom is 0.326 e. The highest BCUT2D eigenvalue weighted by atomic mass is 16.5. The number of rotatable bonds is 8. The molecule has 0 radical (unpaired) electrons. The van der Waals surface area contributed by atoms with Crippen molar-refractivity contribution in [2.75, 3.05) is 20.3 Å². The molecule has 2 amide bonds. The molecular formula is C12H20N4O4. The maximum atomic E-state index is 11.6. The first-order chi connectivity index (χ1) is 9.52. The largest absolute Gasteiger partial charge is 0.480 e. The molecule has 0 aliphatic heterocycles. The van der Waals surface area contributed by atoms with Crippen LogP contribution in [0.15, 0.2) is 12.4 Å². The van der Waals surface area contributed by atoms with Crippen molar-refractivity contribution in [1.82, 2.24) is 20.4 Å². The van der Waals surface area contributed by atoms with Crippen molar-refractivity contribution in [3.8, 4) is 0 Å². The van der Waals surface area contributed by atoms with Gasteiger partial charge in [0.2, 0.25) is 0 Å². The summed E-state index contributed by atoms with van der Waals surface area (Å²) in [5.74, 6) is -1.08. The van der Waals surface area contributed by atoms with Crippen LogP contribution in [-0.4, -0.2) is 53.2 Å². The standard InChI is InChI=1S/C12H20N4O4/c1-16-8-9(7-14-16)3-5-13-12(19)15-10(11(17)18)4-6-20-2/h7-8,10H,3-6H2,1-2H3,(H,17,18)(H2,13,15,19). The third-order valence-corrected chi connectivity index (χ3v) is 2.67. The number of aliphatic carboxylic acids is 1. The molecule has 0 bridgehead atoms. The van der Waals surface area contributed by atoms with Gasteiger partial charge in [-0.3, -0.25) is 4.68 Å². The van der Waals surface area contributed by atoms with Gasteiger partial charge in [-0.1, -0.05) is 0 Å². The topological polar surface area (TPSA) is 105 Å². The average Bonchev–Trinajstić information content (AvgIpc) is 2.80. The first-order valence-electron chi connectivity index (χ1n) is 6.26. The second-order valence-electron chi connectivity index (χ2n) is 4.34. The number of aryl methyl sites for hydroxylation is 1. The Morgan fingerprint density at radius 1 is 1.55 bits per heavy atom. The summed E-state index contributed by atoms with van der Waals surface area (Å²) in [6.07, 6.45) is 4.44. The molecule has 0 spiro atoms. The van der Waals surface area contributed by atoms with Gasteiger partial charge < -0.3 is 20.5 Å². The summed E-state index contributed by atoms with van der Waals surface area (Å²) in [6.45, 7) is 0.682. The lowest BCUT2D eigenvalue weighted by molar-refractivity contribution is -0.139. The number of hydrogen-bond acceptors (Lipinski definition) is 4. The molecule has 1 aromatic rings. The fraction of sp³-hybridized carbons (Fsp3) is 0.583. The van der Waals surface area contributed by atoms with E-state index in [2.05, 4.69) is 15.7 Å². The van der Waals surface area contributed by atoms with Crippen molar-refractivity contribution in [1.29, 1.82) is 0 Å². The van der Waals surface area contributed by atoms with Gasteiger partial charge in [-0.2, -0.15) is 5.10 Å². The summed E-state index contributed by atoms with van der Waals surface area (Å²) >= 11 is 0. The van der Waals surface area contributed by atoms with Crippen molar-refractivity contribution in [3.63, 3.8) is 0 Å². The first kappa shape index (κ1) is 16.0. The number of urea groups is 1. The number of hydrogen-bond donors (Lipinski definition) is 3. The summed E-state index contributed by atoms with van der Waals surface area (Å²) in [4.78, 5) is 22.5. The van der Waals surface area contributed by atoms with Crippen LogP contribution in [-0.2, 0) is 23.0 Å². The molecule has 1 unspecified atom stereocenters. The molecule has 8 heteroatoms. The number of carboxylic acid groups (broad SMARTS) is 1. The van der Waals surface area contributed by atoms with E-state index in [1.807, 2.05) is 13.2 Å². The zero-order valence-corrected chi connectivity index (χ0v) is 11.6. The minimum atomic E-state index is -1.08. The van der Waals surface area contributed by atoms with Crippen LogP contribution in [0.4, 0.5) is 4.79 Å². The lowest BCUT2D eigenvalue weighted by atomic mass is 10.2. The van der Waals surface area contributed by atoms with E-state index >= 15 is 0 Å². The van der Waals surface area contributed by atoms with E-state index in [1.165, 1.54) is 7.11 Å². The molecule has 0 saturated heterocycles. The molecule has 1 heterocycles. The Morgan fingerprint density at radius 2 is 2.30 bits per heavy atom. The number of nitrogens with one attached hydrogen (secondary N) is 2. The van der Waals surface area contributed by atoms with Gasteiger partial charge in [0.15, 0.2) is 0 Å². The van der Waals surface area contributed by atoms with Crippen molar-refractivity contribution in [2.45, 2.75) is 18.9 Å². The summed E-state index contributed by atoms with van der Waals surface area (Å²) < 4.78 is 6.48. The summed E-state index contributed by atoms with van der Waals surface area (Å²) in [6, 6.07) is -1.45. The summed E-state index contributed by atoms with van der Waals surface area (Å²) in [7, 11) is 3.30. The van der Waals surface area contributed by atoms with E-state index in [0.717, 1.165) is 5.56 Å². The highest BCUT2D eigenvalue weighted by molar-refractivity contribution is 5.82. The normalized spacial score (nSPS) is 11.9. The van der Waals surface area contributed by atoms with Gasteiger partial charge in [0.25, 0.3) is 0 Å². The fourth-order valence-corrected chi connectivity index (χ4v) is 1.62. The van der Waals surface area contributed by atoms with Gasteiger partial charge in [-0.25, -0.2) is 9.59 Å². The van der Waals surface area contributed by atoms with E-state index in [1.54, 1.807) is 10.9 Å². The molecule has 1 aromatic heterocycles. The van der Waals surface area contributed by atoms with Crippen molar-refractivity contribution in [3.05, 3.63) is 18.0 Å². The minimum absolute atomic E-state index is 0.224. The number of carbonyl (C=O) groups is 2. The van der Waals surface area contributed by atoms with E-state index in [0.29, 0.717) is 13.0 Å². The highest BCUT2D eigenvalue weighted by Gasteiger charge is 2.19. The Labute approximate surface area is 117 Å². The molecule has 0 aliphatic rings. The number of carbonyl (C=O) groups excluding carboxylic acids is 1. The Bertz CT molecular complexity index is 446. The number of methoxy groups -OCH3 is 1. The summed E-state index contributed by atoms with van der Waals surface area (Å²) in [5.41, 5.74) is 1.00. The van der Waals surface area contributed by atoms with Gasteiger partial charge in [0.1, 0.15) is 6.04 Å². The lowest BCUT2D eigenvalue weighted by Gasteiger charge is -2.14. The highest BCUT2D eigenvalue weighted by Crippen LogP contribution is 1.96. The first-order valence-corrected chi connectivity index (χ1v) is 6.26. The molecule has 1 atom stereocenters. The fourth-order valence-electron chi connectivity index (χ4n) is 1.62. The number of aromatic nitrogens is 2. The lowest BCUT2D eigenvalue weighted by Crippen LogP contribution is -2.46. The smallest absolute Gasteiger partial charge is 0.326 e. The quantitative estimate of drug-likeness (QED) is 0.610. The van der Waals surface area contributed by atoms with E-state index in [9.17, 15) is 9.59 Å². The van der Waals surface area contributed by atoms with Crippen molar-refractivity contribution < 1.29 is 19.4 Å². The van der Waals surface area contributed by atoms with Crippen molar-refractivity contribution >= 4 is 12.0 Å². The Morgan fingerprint density at radius 3 is 2.85 bits per heavy atom. The van der Waals surface area contributed by atoms with Gasteiger partial charge in [0.05, 0.1) is 6.20 Å². The summed E-state index contributed by atoms with van der Waals surface area (Å²) in [5, 5.41) is 18.0. The third-order valence-electron chi connectivity index (χ3n) is 2.67. The predicted octanol–water partition coefficient (Wildman–Crippen LogP) is -0.248. The molecule has 1 rings (SSSR count). The number of amides is 2. The van der Waals surface area contributed by atoms with Gasteiger partial charge >= 0.3 is 12.0 Å².